The molecule has 0 aromatic heterocycles. The number of methoxy groups -OCH3 is 1. The zero-order valence-corrected chi connectivity index (χ0v) is 17.2. The number of nitrogens with one attached hydrogen (secondary N) is 2. The minimum absolute atomic E-state index is 0.0669. The van der Waals surface area contributed by atoms with Crippen molar-refractivity contribution in [1.29, 1.82) is 0 Å². The van der Waals surface area contributed by atoms with Gasteiger partial charge in [-0.3, -0.25) is 14.4 Å². The van der Waals surface area contributed by atoms with Gasteiger partial charge in [0.15, 0.2) is 6.10 Å². The Bertz CT molecular complexity index is 900. The van der Waals surface area contributed by atoms with Crippen LogP contribution in [0.1, 0.15) is 29.3 Å². The summed E-state index contributed by atoms with van der Waals surface area (Å²) in [5, 5.41) is 5.79. The number of halogens is 1. The summed E-state index contributed by atoms with van der Waals surface area (Å²) in [7, 11) is 1.47. The van der Waals surface area contributed by atoms with Gasteiger partial charge in [-0.1, -0.05) is 29.8 Å². The molecule has 0 radical (unpaired) electrons. The quantitative estimate of drug-likeness (QED) is 0.641. The van der Waals surface area contributed by atoms with E-state index in [4.69, 9.17) is 21.1 Å². The lowest BCUT2D eigenvalue weighted by Crippen LogP contribution is -2.32. The van der Waals surface area contributed by atoms with Crippen molar-refractivity contribution in [2.75, 3.05) is 19.0 Å². The molecular formula is C21H23ClN2O5. The number of ether oxygens (including phenoxy) is 2. The first-order valence-corrected chi connectivity index (χ1v) is 9.37. The molecule has 0 saturated carbocycles. The molecule has 154 valence electrons. The Kier molecular flexibility index (Phi) is 8.03. The highest BCUT2D eigenvalue weighted by Crippen LogP contribution is 2.20. The fourth-order valence-electron chi connectivity index (χ4n) is 2.48. The summed E-state index contributed by atoms with van der Waals surface area (Å²) in [4.78, 5) is 36.4. The number of esters is 1. The Morgan fingerprint density at radius 2 is 1.86 bits per heavy atom. The van der Waals surface area contributed by atoms with E-state index in [-0.39, 0.29) is 18.9 Å². The van der Waals surface area contributed by atoms with Crippen LogP contribution in [0, 0.1) is 6.92 Å². The molecule has 0 heterocycles. The highest BCUT2D eigenvalue weighted by molar-refractivity contribution is 6.31. The van der Waals surface area contributed by atoms with Gasteiger partial charge >= 0.3 is 5.97 Å². The van der Waals surface area contributed by atoms with Gasteiger partial charge in [0.1, 0.15) is 5.75 Å². The van der Waals surface area contributed by atoms with Crippen LogP contribution >= 0.6 is 11.6 Å². The molecule has 7 nitrogen and oxygen atoms in total. The SMILES string of the molecule is COc1ccccc1C(=O)NCCC(=O)O[C@@H](C)C(=O)Nc1cc(Cl)ccc1C. The lowest BCUT2D eigenvalue weighted by Gasteiger charge is -2.15. The Morgan fingerprint density at radius 1 is 1.14 bits per heavy atom. The van der Waals surface area contributed by atoms with Gasteiger partial charge in [0.25, 0.3) is 11.8 Å². The first-order chi connectivity index (χ1) is 13.8. The molecule has 0 saturated heterocycles. The van der Waals surface area contributed by atoms with Gasteiger partial charge in [-0.05, 0) is 43.7 Å². The van der Waals surface area contributed by atoms with Crippen LogP contribution in [0.2, 0.25) is 5.02 Å². The largest absolute Gasteiger partial charge is 0.496 e. The van der Waals surface area contributed by atoms with Crippen molar-refractivity contribution < 1.29 is 23.9 Å². The van der Waals surface area contributed by atoms with Crippen LogP contribution < -0.4 is 15.4 Å². The molecule has 0 aliphatic rings. The van der Waals surface area contributed by atoms with Crippen LogP contribution in [-0.2, 0) is 14.3 Å². The van der Waals surface area contributed by atoms with Crippen molar-refractivity contribution in [2.45, 2.75) is 26.4 Å². The number of anilines is 1. The first kappa shape index (κ1) is 22.2. The molecule has 29 heavy (non-hydrogen) atoms. The van der Waals surface area contributed by atoms with Crippen molar-refractivity contribution >= 4 is 35.1 Å². The van der Waals surface area contributed by atoms with Crippen molar-refractivity contribution in [3.05, 3.63) is 58.6 Å². The third-order valence-electron chi connectivity index (χ3n) is 4.10. The third kappa shape index (κ3) is 6.50. The van der Waals surface area contributed by atoms with Gasteiger partial charge in [-0.2, -0.15) is 0 Å². The number of benzene rings is 2. The molecule has 2 amide bonds. The van der Waals surface area contributed by atoms with Crippen molar-refractivity contribution in [1.82, 2.24) is 5.32 Å². The van der Waals surface area contributed by atoms with E-state index in [1.165, 1.54) is 14.0 Å². The van der Waals surface area contributed by atoms with Crippen LogP contribution in [0.15, 0.2) is 42.5 Å². The van der Waals surface area contributed by atoms with E-state index in [1.54, 1.807) is 42.5 Å². The minimum Gasteiger partial charge on any atom is -0.496 e. The second kappa shape index (κ2) is 10.5. The molecule has 2 aromatic rings. The van der Waals surface area contributed by atoms with Crippen molar-refractivity contribution in [3.63, 3.8) is 0 Å². The second-order valence-corrected chi connectivity index (χ2v) is 6.72. The lowest BCUT2D eigenvalue weighted by atomic mass is 10.2. The smallest absolute Gasteiger partial charge is 0.308 e. The Balaban J connectivity index is 1.80. The maximum Gasteiger partial charge on any atom is 0.308 e. The number of hydrogen-bond acceptors (Lipinski definition) is 5. The van der Waals surface area contributed by atoms with Gasteiger partial charge in [0.2, 0.25) is 0 Å². The zero-order valence-electron chi connectivity index (χ0n) is 16.5. The number of carbonyl (C=O) groups is 3. The molecule has 0 spiro atoms. The summed E-state index contributed by atoms with van der Waals surface area (Å²) in [6.45, 7) is 3.37. The lowest BCUT2D eigenvalue weighted by molar-refractivity contribution is -0.153. The van der Waals surface area contributed by atoms with E-state index in [2.05, 4.69) is 10.6 Å². The number of amides is 2. The third-order valence-corrected chi connectivity index (χ3v) is 4.34. The molecule has 0 unspecified atom stereocenters. The van der Waals surface area contributed by atoms with E-state index >= 15 is 0 Å². The summed E-state index contributed by atoms with van der Waals surface area (Å²) in [5.41, 5.74) is 1.75. The van der Waals surface area contributed by atoms with E-state index in [1.807, 2.05) is 6.92 Å². The summed E-state index contributed by atoms with van der Waals surface area (Å²) in [6.07, 6.45) is -1.07. The van der Waals surface area contributed by atoms with Crippen LogP contribution in [-0.4, -0.2) is 37.5 Å². The molecule has 2 rings (SSSR count). The minimum atomic E-state index is -0.995. The standard InChI is InChI=1S/C21H23ClN2O5/c1-13-8-9-15(22)12-17(13)24-20(26)14(2)29-19(25)10-11-23-21(27)16-6-4-5-7-18(16)28-3/h4-9,12,14H,10-11H2,1-3H3,(H,23,27)(H,24,26)/t14-/m0/s1. The number of aryl methyl sites for hydroxylation is 1. The van der Waals surface area contributed by atoms with Gasteiger partial charge in [0, 0.05) is 17.3 Å². The second-order valence-electron chi connectivity index (χ2n) is 6.29. The van der Waals surface area contributed by atoms with Gasteiger partial charge < -0.3 is 20.1 Å². The molecular weight excluding hydrogens is 396 g/mol. The van der Waals surface area contributed by atoms with Gasteiger partial charge in [-0.25, -0.2) is 0 Å². The number of carbonyl (C=O) groups excluding carboxylic acids is 3. The van der Waals surface area contributed by atoms with Crippen LogP contribution in [0.5, 0.6) is 5.75 Å². The van der Waals surface area contributed by atoms with Crippen LogP contribution in [0.25, 0.3) is 0 Å². The van der Waals surface area contributed by atoms with Crippen LogP contribution in [0.4, 0.5) is 5.69 Å². The first-order valence-electron chi connectivity index (χ1n) is 8.99. The van der Waals surface area contributed by atoms with E-state index in [9.17, 15) is 14.4 Å². The number of rotatable bonds is 8. The number of hydrogen-bond donors (Lipinski definition) is 2. The molecule has 0 bridgehead atoms. The van der Waals surface area contributed by atoms with Crippen molar-refractivity contribution in [2.24, 2.45) is 0 Å². The topological polar surface area (TPSA) is 93.7 Å². The predicted octanol–water partition coefficient (Wildman–Crippen LogP) is 3.35. The molecule has 2 N–H and O–H groups in total. The van der Waals surface area contributed by atoms with Crippen LogP contribution in [0.3, 0.4) is 0 Å². The average Bonchev–Trinajstić information content (AvgIpc) is 2.70. The summed E-state index contributed by atoms with van der Waals surface area (Å²) in [5.74, 6) is -0.996. The number of para-hydroxylation sites is 1. The molecule has 0 aliphatic heterocycles. The summed E-state index contributed by atoms with van der Waals surface area (Å²) in [6, 6.07) is 11.9. The fraction of sp³-hybridized carbons (Fsp3) is 0.286. The van der Waals surface area contributed by atoms with Gasteiger partial charge in [-0.15, -0.1) is 0 Å². The maximum atomic E-state index is 12.2. The predicted molar refractivity (Wildman–Crippen MR) is 110 cm³/mol. The molecule has 8 heteroatoms. The van der Waals surface area contributed by atoms with Gasteiger partial charge in [0.05, 0.1) is 19.1 Å². The normalized spacial score (nSPS) is 11.3. The maximum absolute atomic E-state index is 12.2. The molecule has 2 aromatic carbocycles. The van der Waals surface area contributed by atoms with E-state index in [0.29, 0.717) is 22.0 Å². The fourth-order valence-corrected chi connectivity index (χ4v) is 2.65. The Morgan fingerprint density at radius 3 is 2.59 bits per heavy atom. The molecule has 0 fully saturated rings. The highest BCUT2D eigenvalue weighted by atomic mass is 35.5. The van der Waals surface area contributed by atoms with E-state index < -0.39 is 18.0 Å². The highest BCUT2D eigenvalue weighted by Gasteiger charge is 2.19. The Labute approximate surface area is 174 Å². The summed E-state index contributed by atoms with van der Waals surface area (Å²) < 4.78 is 10.3. The molecule has 0 aliphatic carbocycles. The Hall–Kier alpha value is -3.06. The van der Waals surface area contributed by atoms with Crippen molar-refractivity contribution in [3.8, 4) is 5.75 Å². The monoisotopic (exact) mass is 418 g/mol. The van der Waals surface area contributed by atoms with E-state index in [0.717, 1.165) is 5.56 Å². The zero-order chi connectivity index (χ0) is 21.4. The summed E-state index contributed by atoms with van der Waals surface area (Å²) >= 11 is 5.93. The molecule has 1 atom stereocenters. The average molecular weight is 419 g/mol.